The number of hydrogen-bond donors (Lipinski definition) is 1. The lowest BCUT2D eigenvalue weighted by Crippen LogP contribution is -2.40. The van der Waals surface area contributed by atoms with E-state index in [1.54, 1.807) is 17.2 Å². The van der Waals surface area contributed by atoms with Crippen LogP contribution < -0.4 is 0 Å². The average molecular weight is 432 g/mol. The molecule has 1 aliphatic heterocycles. The second-order valence-corrected chi connectivity index (χ2v) is 8.41. The molecule has 1 saturated heterocycles. The van der Waals surface area contributed by atoms with Gasteiger partial charge in [-0.25, -0.2) is 0 Å². The minimum Gasteiger partial charge on any atom is -0.393 e. The number of benzene rings is 1. The Morgan fingerprint density at radius 2 is 1.84 bits per heavy atom. The predicted molar refractivity (Wildman–Crippen MR) is 122 cm³/mol. The number of amides is 1. The first-order valence-corrected chi connectivity index (χ1v) is 10.8. The molecule has 0 atom stereocenters. The maximum Gasteiger partial charge on any atom is 0.253 e. The number of aliphatic hydroxyl groups is 1. The molecular weight excluding hydrogens is 410 g/mol. The Bertz CT molecular complexity index is 1180. The summed E-state index contributed by atoms with van der Waals surface area (Å²) in [5.41, 5.74) is 6.62. The molecule has 2 aliphatic rings. The van der Waals surface area contributed by atoms with Crippen LogP contribution in [0.2, 0.25) is 5.02 Å². The van der Waals surface area contributed by atoms with Crippen LogP contribution >= 0.6 is 11.6 Å². The second kappa shape index (κ2) is 8.25. The van der Waals surface area contributed by atoms with Crippen molar-refractivity contribution in [2.24, 2.45) is 0 Å². The number of rotatable bonds is 3. The number of nitrogens with zero attached hydrogens (tertiary/aromatic N) is 3. The van der Waals surface area contributed by atoms with E-state index in [-0.39, 0.29) is 12.0 Å². The topological polar surface area (TPSA) is 66.3 Å². The van der Waals surface area contributed by atoms with Crippen molar-refractivity contribution in [3.63, 3.8) is 0 Å². The summed E-state index contributed by atoms with van der Waals surface area (Å²) in [5.74, 6) is -0.0497. The summed E-state index contributed by atoms with van der Waals surface area (Å²) in [6, 6.07) is 9.50. The van der Waals surface area contributed by atoms with Crippen molar-refractivity contribution in [2.45, 2.75) is 25.4 Å². The molecule has 1 aromatic carbocycles. The Hall–Kier alpha value is -3.02. The van der Waals surface area contributed by atoms with Gasteiger partial charge in [-0.1, -0.05) is 29.8 Å². The molecule has 1 fully saturated rings. The van der Waals surface area contributed by atoms with E-state index < -0.39 is 0 Å². The first-order chi connectivity index (χ1) is 15.1. The van der Waals surface area contributed by atoms with Crippen molar-refractivity contribution in [3.8, 4) is 22.3 Å². The molecule has 3 heterocycles. The first-order valence-electron chi connectivity index (χ1n) is 10.5. The van der Waals surface area contributed by atoms with Crippen LogP contribution in [0.3, 0.4) is 0 Å². The monoisotopic (exact) mass is 431 g/mol. The zero-order valence-corrected chi connectivity index (χ0v) is 17.7. The van der Waals surface area contributed by atoms with E-state index in [0.717, 1.165) is 39.9 Å². The Kier molecular flexibility index (Phi) is 5.30. The van der Waals surface area contributed by atoms with E-state index in [0.29, 0.717) is 36.5 Å². The summed E-state index contributed by atoms with van der Waals surface area (Å²) >= 11 is 6.60. The Morgan fingerprint density at radius 3 is 2.61 bits per heavy atom. The van der Waals surface area contributed by atoms with E-state index in [1.807, 2.05) is 30.6 Å². The van der Waals surface area contributed by atoms with Gasteiger partial charge in [0.2, 0.25) is 0 Å². The molecule has 6 heteroatoms. The molecule has 1 N–H and O–H groups in total. The van der Waals surface area contributed by atoms with Gasteiger partial charge in [-0.2, -0.15) is 0 Å². The van der Waals surface area contributed by atoms with E-state index in [1.165, 1.54) is 0 Å². The average Bonchev–Trinajstić information content (AvgIpc) is 3.28. The molecule has 1 amide bonds. The number of hydrogen-bond acceptors (Lipinski definition) is 4. The third-order valence-electron chi connectivity index (χ3n) is 6.00. The summed E-state index contributed by atoms with van der Waals surface area (Å²) in [5, 5.41) is 10.2. The van der Waals surface area contributed by atoms with Crippen LogP contribution in [0, 0.1) is 0 Å². The zero-order valence-electron chi connectivity index (χ0n) is 17.0. The number of halogens is 1. The van der Waals surface area contributed by atoms with Crippen LogP contribution in [-0.4, -0.2) is 45.1 Å². The highest BCUT2D eigenvalue weighted by atomic mass is 35.5. The number of allylic oxidation sites excluding steroid dienone is 1. The molecular formula is C25H22ClN3O2. The minimum absolute atomic E-state index is 0.0497. The number of fused-ring (bicyclic) bond motifs is 1. The van der Waals surface area contributed by atoms with Gasteiger partial charge in [-0.3, -0.25) is 14.8 Å². The lowest BCUT2D eigenvalue weighted by atomic mass is 9.98. The van der Waals surface area contributed by atoms with Crippen molar-refractivity contribution in [1.82, 2.24) is 14.9 Å². The number of aliphatic hydroxyl groups excluding tert-OH is 1. The van der Waals surface area contributed by atoms with Gasteiger partial charge in [0.15, 0.2) is 0 Å². The normalized spacial score (nSPS) is 15.9. The van der Waals surface area contributed by atoms with Crippen LogP contribution in [0.15, 0.2) is 55.0 Å². The summed E-state index contributed by atoms with van der Waals surface area (Å²) in [6.45, 7) is 1.13. The van der Waals surface area contributed by atoms with Crippen molar-refractivity contribution < 1.29 is 9.90 Å². The molecule has 5 rings (SSSR count). The molecule has 0 saturated carbocycles. The molecule has 0 spiro atoms. The van der Waals surface area contributed by atoms with Gasteiger partial charge in [0.05, 0.1) is 11.8 Å². The summed E-state index contributed by atoms with van der Waals surface area (Å²) in [6.07, 6.45) is 11.5. The lowest BCUT2D eigenvalue weighted by molar-refractivity contribution is 0.0546. The highest BCUT2D eigenvalue weighted by molar-refractivity contribution is 6.33. The number of pyridine rings is 2. The van der Waals surface area contributed by atoms with Gasteiger partial charge >= 0.3 is 0 Å². The fraction of sp³-hybridized carbons (Fsp3) is 0.240. The smallest absolute Gasteiger partial charge is 0.253 e. The Labute approximate surface area is 186 Å². The quantitative estimate of drug-likeness (QED) is 0.656. The second-order valence-electron chi connectivity index (χ2n) is 8.01. The zero-order chi connectivity index (χ0) is 21.4. The van der Waals surface area contributed by atoms with Crippen LogP contribution in [0.5, 0.6) is 0 Å². The van der Waals surface area contributed by atoms with Crippen LogP contribution in [0.1, 0.15) is 34.5 Å². The Morgan fingerprint density at radius 1 is 1.06 bits per heavy atom. The van der Waals surface area contributed by atoms with Gasteiger partial charge in [0.25, 0.3) is 5.91 Å². The highest BCUT2D eigenvalue weighted by Crippen LogP contribution is 2.34. The molecule has 31 heavy (non-hydrogen) atoms. The molecule has 0 bridgehead atoms. The number of aromatic nitrogens is 2. The molecule has 1 aliphatic carbocycles. The molecule has 5 nitrogen and oxygen atoms in total. The van der Waals surface area contributed by atoms with E-state index in [9.17, 15) is 9.90 Å². The Balaban J connectivity index is 1.44. The third-order valence-corrected chi connectivity index (χ3v) is 6.31. The number of carbonyl (C=O) groups is 1. The highest BCUT2D eigenvalue weighted by Gasteiger charge is 2.23. The number of piperidine rings is 1. The van der Waals surface area contributed by atoms with Crippen molar-refractivity contribution >= 4 is 23.6 Å². The largest absolute Gasteiger partial charge is 0.393 e. The predicted octanol–water partition coefficient (Wildman–Crippen LogP) is 4.63. The number of likely N-dealkylation sites (tertiary alicyclic amines) is 1. The van der Waals surface area contributed by atoms with Crippen LogP contribution in [0.4, 0.5) is 0 Å². The fourth-order valence-corrected chi connectivity index (χ4v) is 4.56. The van der Waals surface area contributed by atoms with Crippen LogP contribution in [0.25, 0.3) is 28.3 Å². The summed E-state index contributed by atoms with van der Waals surface area (Å²) < 4.78 is 0. The molecule has 156 valence electrons. The SMILES string of the molecule is O=C(c1ccc(-c2cncc(-c3ccnc4c3C=CC4)c2)c(Cl)c1)N1CCC(O)CC1. The lowest BCUT2D eigenvalue weighted by Gasteiger charge is -2.29. The first kappa shape index (κ1) is 19.9. The van der Waals surface area contributed by atoms with Crippen molar-refractivity contribution in [2.75, 3.05) is 13.1 Å². The van der Waals surface area contributed by atoms with Gasteiger partial charge in [-0.05, 0) is 42.7 Å². The molecule has 0 radical (unpaired) electrons. The van der Waals surface area contributed by atoms with Crippen molar-refractivity contribution in [1.29, 1.82) is 0 Å². The van der Waals surface area contributed by atoms with E-state index in [4.69, 9.17) is 11.6 Å². The maximum atomic E-state index is 12.8. The standard InChI is InChI=1S/C25H22ClN3O2/c26-23-13-16(25(31)29-10-7-19(30)8-11-29)4-5-21(23)18-12-17(14-27-15-18)20-6-9-28-24-3-1-2-22(20)24/h1-2,4-6,9,12-15,19,30H,3,7-8,10-11H2. The maximum absolute atomic E-state index is 12.8. The minimum atomic E-state index is -0.313. The van der Waals surface area contributed by atoms with E-state index >= 15 is 0 Å². The summed E-state index contributed by atoms with van der Waals surface area (Å²) in [4.78, 5) is 23.5. The van der Waals surface area contributed by atoms with Crippen molar-refractivity contribution in [3.05, 3.63) is 76.8 Å². The van der Waals surface area contributed by atoms with Gasteiger partial charge in [-0.15, -0.1) is 0 Å². The van der Waals surface area contributed by atoms with Gasteiger partial charge in [0, 0.05) is 70.9 Å². The van der Waals surface area contributed by atoms with E-state index in [2.05, 4.69) is 28.2 Å². The fourth-order valence-electron chi connectivity index (χ4n) is 4.27. The molecule has 0 unspecified atom stereocenters. The summed E-state index contributed by atoms with van der Waals surface area (Å²) in [7, 11) is 0. The van der Waals surface area contributed by atoms with Crippen LogP contribution in [-0.2, 0) is 6.42 Å². The third kappa shape index (κ3) is 3.87. The molecule has 2 aromatic heterocycles. The molecule has 3 aromatic rings. The van der Waals surface area contributed by atoms with Gasteiger partial charge < -0.3 is 10.0 Å². The van der Waals surface area contributed by atoms with Gasteiger partial charge in [0.1, 0.15) is 0 Å². The number of carbonyl (C=O) groups excluding carboxylic acids is 1.